The van der Waals surface area contributed by atoms with Crippen molar-refractivity contribution in [1.82, 2.24) is 0 Å². The van der Waals surface area contributed by atoms with Crippen LogP contribution in [0.25, 0.3) is 27.9 Å². The Kier molecular flexibility index (Phi) is 6.10. The summed E-state index contributed by atoms with van der Waals surface area (Å²) in [5.74, 6) is 1.15. The van der Waals surface area contributed by atoms with Crippen molar-refractivity contribution in [2.24, 2.45) is 0 Å². The van der Waals surface area contributed by atoms with Crippen LogP contribution in [-0.4, -0.2) is 31.7 Å². The summed E-state index contributed by atoms with van der Waals surface area (Å²) in [6, 6.07) is 19.7. The number of fused-ring (bicyclic) bond motifs is 4. The molecule has 3 aromatic carbocycles. The van der Waals surface area contributed by atoms with E-state index >= 15 is 0 Å². The van der Waals surface area contributed by atoms with E-state index in [1.54, 1.807) is 0 Å². The van der Waals surface area contributed by atoms with Gasteiger partial charge in [-0.05, 0) is 17.5 Å². The molecule has 5 rings (SSSR count). The number of carbonyl (C=O) groups excluding carboxylic acids is 2. The molecule has 178 valence electrons. The minimum absolute atomic E-state index is 0.203. The lowest BCUT2D eigenvalue weighted by atomic mass is 10.1. The maximum Gasteiger partial charge on any atom is 0.379 e. The Morgan fingerprint density at radius 1 is 0.943 bits per heavy atom. The second-order valence-electron chi connectivity index (χ2n) is 8.11. The normalized spacial score (nSPS) is 13.8. The largest absolute Gasteiger partial charge is 0.464 e. The van der Waals surface area contributed by atoms with Gasteiger partial charge in [0, 0.05) is 25.3 Å². The molecule has 8 heteroatoms. The van der Waals surface area contributed by atoms with Crippen molar-refractivity contribution in [2.45, 2.75) is 20.4 Å². The number of para-hydroxylation sites is 2. The molecule has 0 saturated heterocycles. The molecule has 0 aliphatic carbocycles. The van der Waals surface area contributed by atoms with Crippen molar-refractivity contribution in [3.05, 3.63) is 72.4 Å². The minimum atomic E-state index is -0.338. The monoisotopic (exact) mass is 473 g/mol. The maximum atomic E-state index is 11.4. The van der Waals surface area contributed by atoms with E-state index in [-0.39, 0.29) is 25.2 Å². The van der Waals surface area contributed by atoms with E-state index in [1.165, 1.54) is 13.8 Å². The second-order valence-corrected chi connectivity index (χ2v) is 8.11. The standard InChI is InChI=1S/C27H25N2O6/c1-18(30)32-15-13-28-22-9-5-6-10-24(22)34-25(28)17-26-29(14-16-33-19(2)31)23-12-11-20-7-3-4-8-21(20)27(23)35-26/h3-12,17H,13-16H2,1-2H3/q+1. The highest BCUT2D eigenvalue weighted by Gasteiger charge is 2.31. The summed E-state index contributed by atoms with van der Waals surface area (Å²) in [7, 11) is 0. The number of nitrogens with zero attached hydrogens (tertiary/aromatic N) is 2. The summed E-state index contributed by atoms with van der Waals surface area (Å²) >= 11 is 0. The van der Waals surface area contributed by atoms with E-state index in [1.807, 2.05) is 76.2 Å². The average molecular weight is 474 g/mol. The van der Waals surface area contributed by atoms with Crippen LogP contribution >= 0.6 is 0 Å². The highest BCUT2D eigenvalue weighted by atomic mass is 16.5. The fraction of sp³-hybridized carbons (Fsp3) is 0.222. The number of rotatable bonds is 7. The number of anilines is 1. The molecule has 0 unspecified atom stereocenters. The van der Waals surface area contributed by atoms with Crippen molar-refractivity contribution < 1.29 is 32.8 Å². The molecule has 0 saturated carbocycles. The van der Waals surface area contributed by atoms with Gasteiger partial charge < -0.3 is 23.5 Å². The third-order valence-electron chi connectivity index (χ3n) is 5.75. The lowest BCUT2D eigenvalue weighted by Crippen LogP contribution is -2.38. The summed E-state index contributed by atoms with van der Waals surface area (Å²) < 4.78 is 24.9. The van der Waals surface area contributed by atoms with Crippen LogP contribution in [0.5, 0.6) is 5.75 Å². The van der Waals surface area contributed by atoms with Crippen LogP contribution in [-0.2, 0) is 25.6 Å². The first kappa shape index (κ1) is 22.5. The van der Waals surface area contributed by atoms with Gasteiger partial charge in [-0.2, -0.15) is 4.57 Å². The number of hydrogen-bond acceptors (Lipinski definition) is 7. The summed E-state index contributed by atoms with van der Waals surface area (Å²) in [6.07, 6.45) is 1.82. The third-order valence-corrected chi connectivity index (χ3v) is 5.75. The van der Waals surface area contributed by atoms with E-state index in [9.17, 15) is 9.59 Å². The van der Waals surface area contributed by atoms with Crippen molar-refractivity contribution in [1.29, 1.82) is 0 Å². The van der Waals surface area contributed by atoms with Crippen molar-refractivity contribution in [2.75, 3.05) is 24.7 Å². The van der Waals surface area contributed by atoms with Crippen LogP contribution in [0, 0.1) is 0 Å². The van der Waals surface area contributed by atoms with E-state index < -0.39 is 0 Å². The topological polar surface area (TPSA) is 82.1 Å². The van der Waals surface area contributed by atoms with Gasteiger partial charge in [-0.25, -0.2) is 0 Å². The van der Waals surface area contributed by atoms with Crippen molar-refractivity contribution in [3.8, 4) is 5.75 Å². The number of esters is 2. The van der Waals surface area contributed by atoms with Gasteiger partial charge in [-0.15, -0.1) is 0 Å². The van der Waals surface area contributed by atoms with Crippen LogP contribution in [0.4, 0.5) is 5.69 Å². The predicted octanol–water partition coefficient (Wildman–Crippen LogP) is 4.20. The van der Waals surface area contributed by atoms with Gasteiger partial charge in [0.05, 0.1) is 12.2 Å². The van der Waals surface area contributed by atoms with Crippen LogP contribution in [0.3, 0.4) is 0 Å². The second kappa shape index (κ2) is 9.50. The molecular formula is C27H25N2O6+. The lowest BCUT2D eigenvalue weighted by molar-refractivity contribution is -0.679. The van der Waals surface area contributed by atoms with Gasteiger partial charge >= 0.3 is 17.8 Å². The van der Waals surface area contributed by atoms with Crippen molar-refractivity contribution >= 4 is 45.6 Å². The molecule has 0 atom stereocenters. The van der Waals surface area contributed by atoms with Crippen LogP contribution in [0.1, 0.15) is 19.7 Å². The zero-order chi connectivity index (χ0) is 24.4. The summed E-state index contributed by atoms with van der Waals surface area (Å²) in [4.78, 5) is 24.6. The SMILES string of the molecule is CC(=O)OCCN1C(=Cc2oc3ccccc3[n+]2CCOC(C)=O)Oc2c1ccc1ccccc21. The number of aromatic nitrogens is 1. The third kappa shape index (κ3) is 4.55. The van der Waals surface area contributed by atoms with Gasteiger partial charge in [-0.1, -0.05) is 42.5 Å². The number of oxazole rings is 1. The summed E-state index contributed by atoms with van der Waals surface area (Å²) in [5.41, 5.74) is 2.46. The molecule has 0 amide bonds. The van der Waals surface area contributed by atoms with Gasteiger partial charge in [0.15, 0.2) is 18.9 Å². The van der Waals surface area contributed by atoms with Crippen molar-refractivity contribution in [3.63, 3.8) is 0 Å². The fourth-order valence-electron chi connectivity index (χ4n) is 4.23. The molecule has 2 heterocycles. The van der Waals surface area contributed by atoms with E-state index in [2.05, 4.69) is 0 Å². The quantitative estimate of drug-likeness (QED) is 0.294. The molecule has 0 fully saturated rings. The molecule has 0 bridgehead atoms. The van der Waals surface area contributed by atoms with Crippen LogP contribution < -0.4 is 14.2 Å². The Hall–Kier alpha value is -4.33. The Labute approximate surface area is 201 Å². The lowest BCUT2D eigenvalue weighted by Gasteiger charge is -2.17. The van der Waals surface area contributed by atoms with Crippen LogP contribution in [0.15, 0.2) is 71.0 Å². The zero-order valence-corrected chi connectivity index (χ0v) is 19.5. The summed E-state index contributed by atoms with van der Waals surface area (Å²) in [5, 5.41) is 2.05. The summed E-state index contributed by atoms with van der Waals surface area (Å²) in [6.45, 7) is 4.01. The van der Waals surface area contributed by atoms with Crippen LogP contribution in [0.2, 0.25) is 0 Å². The maximum absolute atomic E-state index is 11.4. The number of benzene rings is 3. The minimum Gasteiger partial charge on any atom is -0.464 e. The highest BCUT2D eigenvalue weighted by molar-refractivity contribution is 5.96. The first-order valence-corrected chi connectivity index (χ1v) is 11.4. The molecule has 35 heavy (non-hydrogen) atoms. The number of carbonyl (C=O) groups is 2. The zero-order valence-electron chi connectivity index (χ0n) is 19.5. The molecule has 0 radical (unpaired) electrons. The molecule has 1 aromatic heterocycles. The fourth-order valence-corrected chi connectivity index (χ4v) is 4.23. The molecule has 0 N–H and O–H groups in total. The van der Waals surface area contributed by atoms with Gasteiger partial charge in [0.1, 0.15) is 12.7 Å². The molecule has 0 spiro atoms. The van der Waals surface area contributed by atoms with E-state index in [0.29, 0.717) is 30.4 Å². The Morgan fingerprint density at radius 2 is 1.69 bits per heavy atom. The number of hydrogen-bond donors (Lipinski definition) is 0. The average Bonchev–Trinajstić information content (AvgIpc) is 3.37. The first-order valence-electron chi connectivity index (χ1n) is 11.4. The first-order chi connectivity index (χ1) is 17.0. The predicted molar refractivity (Wildman–Crippen MR) is 130 cm³/mol. The van der Waals surface area contributed by atoms with Gasteiger partial charge in [0.25, 0.3) is 5.52 Å². The molecular weight excluding hydrogens is 448 g/mol. The van der Waals surface area contributed by atoms with E-state index in [0.717, 1.165) is 27.7 Å². The molecule has 1 aliphatic heterocycles. The van der Waals surface area contributed by atoms with E-state index in [4.69, 9.17) is 18.6 Å². The van der Waals surface area contributed by atoms with Gasteiger partial charge in [0.2, 0.25) is 11.5 Å². The van der Waals surface area contributed by atoms with Gasteiger partial charge in [-0.3, -0.25) is 9.59 Å². The molecule has 1 aliphatic rings. The smallest absolute Gasteiger partial charge is 0.379 e. The molecule has 8 nitrogen and oxygen atoms in total. The molecule has 4 aromatic rings. The Morgan fingerprint density at radius 3 is 2.51 bits per heavy atom. The highest BCUT2D eigenvalue weighted by Crippen LogP contribution is 2.44. The Balaban J connectivity index is 1.56. The Bertz CT molecular complexity index is 1450. The number of ether oxygens (including phenoxy) is 3.